The van der Waals surface area contributed by atoms with E-state index < -0.39 is 59.8 Å². The van der Waals surface area contributed by atoms with Gasteiger partial charge in [-0.25, -0.2) is 4.18 Å². The number of carbonyl (C=O) groups is 1. The third-order valence-corrected chi connectivity index (χ3v) is 12.7. The smallest absolute Gasteiger partial charge is 0.397 e. The Balaban J connectivity index is 2.29. The van der Waals surface area contributed by atoms with Gasteiger partial charge in [0.2, 0.25) is 0 Å². The zero-order valence-corrected chi connectivity index (χ0v) is 42.6. The lowest BCUT2D eigenvalue weighted by atomic mass is 9.99. The van der Waals surface area contributed by atoms with Gasteiger partial charge in [-0.05, 0) is 64.2 Å². The van der Waals surface area contributed by atoms with Crippen molar-refractivity contribution in [1.82, 2.24) is 0 Å². The Hall–Kier alpha value is -1.68. The molecule has 0 saturated carbocycles. The predicted octanol–water partition coefficient (Wildman–Crippen LogP) is 12.5. The van der Waals surface area contributed by atoms with E-state index in [0.29, 0.717) is 13.0 Å². The number of aliphatic hydroxyl groups excluding tert-OH is 3. The van der Waals surface area contributed by atoms with Crippen molar-refractivity contribution in [2.24, 2.45) is 0 Å². The molecule has 13 heteroatoms. The third kappa shape index (κ3) is 37.2. The molecule has 4 N–H and O–H groups in total. The van der Waals surface area contributed by atoms with Gasteiger partial charge in [0.1, 0.15) is 30.5 Å². The van der Waals surface area contributed by atoms with Gasteiger partial charge >= 0.3 is 16.4 Å². The molecule has 6 unspecified atom stereocenters. The minimum absolute atomic E-state index is 0.0304. The average Bonchev–Trinajstić information content (AvgIpc) is 3.29. The Kier molecular flexibility index (Phi) is 42.1. The molecule has 1 aliphatic rings. The number of hydrogen-bond acceptors (Lipinski definition) is 11. The first-order valence-corrected chi connectivity index (χ1v) is 28.1. The first-order valence-electron chi connectivity index (χ1n) is 26.7. The lowest BCUT2D eigenvalue weighted by Crippen LogP contribution is -2.60. The van der Waals surface area contributed by atoms with E-state index >= 15 is 0 Å². The Bertz CT molecular complexity index is 1290. The van der Waals surface area contributed by atoms with E-state index in [4.69, 9.17) is 18.9 Å². The summed E-state index contributed by atoms with van der Waals surface area (Å²) in [6.45, 7) is 3.93. The molecule has 0 aliphatic carbocycles. The molecular weight excluding hydrogens is 861 g/mol. The van der Waals surface area contributed by atoms with Crippen molar-refractivity contribution < 1.29 is 56.2 Å². The van der Waals surface area contributed by atoms with Gasteiger partial charge in [-0.15, -0.1) is 0 Å². The number of ether oxygens (including phenoxy) is 4. The highest BCUT2D eigenvalue weighted by Crippen LogP contribution is 2.26. The summed E-state index contributed by atoms with van der Waals surface area (Å²) >= 11 is 0. The molecule has 0 amide bonds. The van der Waals surface area contributed by atoms with Gasteiger partial charge in [0.05, 0.1) is 19.8 Å². The summed E-state index contributed by atoms with van der Waals surface area (Å²) in [6.07, 6.45) is 44.7. The Morgan fingerprint density at radius 3 is 1.52 bits per heavy atom. The topological polar surface area (TPSA) is 178 Å². The molecule has 1 heterocycles. The van der Waals surface area contributed by atoms with Crippen molar-refractivity contribution in [2.45, 2.75) is 269 Å². The van der Waals surface area contributed by atoms with Gasteiger partial charge in [-0.3, -0.25) is 9.35 Å². The predicted molar refractivity (Wildman–Crippen MR) is 267 cm³/mol. The molecule has 1 aliphatic heterocycles. The van der Waals surface area contributed by atoms with E-state index in [1.807, 2.05) is 0 Å². The van der Waals surface area contributed by atoms with Gasteiger partial charge < -0.3 is 34.3 Å². The molecule has 1 rings (SSSR count). The van der Waals surface area contributed by atoms with Crippen LogP contribution in [0.1, 0.15) is 232 Å². The average molecular weight is 959 g/mol. The summed E-state index contributed by atoms with van der Waals surface area (Å²) in [7, 11) is -5.07. The van der Waals surface area contributed by atoms with Crippen molar-refractivity contribution in [3.05, 3.63) is 36.5 Å². The maximum atomic E-state index is 12.9. The van der Waals surface area contributed by atoms with Gasteiger partial charge in [-0.2, -0.15) is 8.42 Å². The lowest BCUT2D eigenvalue weighted by molar-refractivity contribution is -0.301. The summed E-state index contributed by atoms with van der Waals surface area (Å²) in [5.41, 5.74) is 0. The van der Waals surface area contributed by atoms with E-state index in [2.05, 4.69) is 54.5 Å². The fourth-order valence-corrected chi connectivity index (χ4v) is 8.69. The molecule has 1 saturated heterocycles. The van der Waals surface area contributed by atoms with Gasteiger partial charge in [0, 0.05) is 13.0 Å². The Morgan fingerprint density at radius 1 is 0.576 bits per heavy atom. The third-order valence-electron chi connectivity index (χ3n) is 12.2. The van der Waals surface area contributed by atoms with Crippen LogP contribution in [0.15, 0.2) is 36.5 Å². The zero-order valence-electron chi connectivity index (χ0n) is 41.8. The standard InChI is InChI=1S/C53H98O12S/c1-3-5-7-9-11-13-15-17-19-20-21-22-23-24-25-26-27-28-29-30-32-34-36-38-40-42-49(55)63-47(45-61-43-41-39-37-35-33-31-18-16-14-12-10-8-6-4-2)46-62-53-51(57)52(65-66(58,59)60)50(56)48(44-54)64-53/h8,10,14,16,20-21,47-48,50-54,56-57H,3-7,9,11-13,15,17-19,22-46H2,1-2H3,(H,58,59,60)/b10-8-,16-14-,21-20-. The number of allylic oxidation sites excluding steroid dienone is 6. The highest BCUT2D eigenvalue weighted by atomic mass is 32.3. The highest BCUT2D eigenvalue weighted by Gasteiger charge is 2.48. The quantitative estimate of drug-likeness (QED) is 0.0197. The van der Waals surface area contributed by atoms with Crippen molar-refractivity contribution in [3.63, 3.8) is 0 Å². The molecule has 6 atom stereocenters. The summed E-state index contributed by atoms with van der Waals surface area (Å²) in [5, 5.41) is 30.7. The van der Waals surface area contributed by atoms with Crippen LogP contribution in [0, 0.1) is 0 Å². The van der Waals surface area contributed by atoms with E-state index in [9.17, 15) is 33.1 Å². The number of rotatable bonds is 47. The largest absolute Gasteiger partial charge is 0.457 e. The summed E-state index contributed by atoms with van der Waals surface area (Å²) in [4.78, 5) is 12.9. The molecule has 0 spiro atoms. The molecular formula is C53H98O12S. The molecule has 388 valence electrons. The monoisotopic (exact) mass is 959 g/mol. The van der Waals surface area contributed by atoms with E-state index in [0.717, 1.165) is 64.2 Å². The molecule has 66 heavy (non-hydrogen) atoms. The Morgan fingerprint density at radius 2 is 1.03 bits per heavy atom. The van der Waals surface area contributed by atoms with Crippen molar-refractivity contribution >= 4 is 16.4 Å². The van der Waals surface area contributed by atoms with Crippen LogP contribution in [-0.2, 0) is 38.3 Å². The maximum Gasteiger partial charge on any atom is 0.397 e. The van der Waals surface area contributed by atoms with Gasteiger partial charge in [0.25, 0.3) is 0 Å². The molecule has 0 radical (unpaired) electrons. The van der Waals surface area contributed by atoms with Crippen LogP contribution in [0.25, 0.3) is 0 Å². The first kappa shape index (κ1) is 62.3. The normalized spacial score (nSPS) is 19.8. The van der Waals surface area contributed by atoms with E-state index in [1.54, 1.807) is 0 Å². The minimum atomic E-state index is -5.07. The van der Waals surface area contributed by atoms with Crippen molar-refractivity contribution in [2.75, 3.05) is 26.4 Å². The van der Waals surface area contributed by atoms with Crippen LogP contribution >= 0.6 is 0 Å². The van der Waals surface area contributed by atoms with Crippen molar-refractivity contribution in [1.29, 1.82) is 0 Å². The summed E-state index contributed by atoms with van der Waals surface area (Å²) in [5.74, 6) is -0.401. The van der Waals surface area contributed by atoms with Crippen LogP contribution in [0.5, 0.6) is 0 Å². The summed E-state index contributed by atoms with van der Waals surface area (Å²) < 4.78 is 59.2. The van der Waals surface area contributed by atoms with Crippen LogP contribution in [0.2, 0.25) is 0 Å². The number of aliphatic hydroxyl groups is 3. The summed E-state index contributed by atoms with van der Waals surface area (Å²) in [6, 6.07) is 0. The molecule has 0 aromatic rings. The second kappa shape index (κ2) is 44.5. The molecule has 0 aromatic heterocycles. The lowest BCUT2D eigenvalue weighted by Gasteiger charge is -2.41. The first-order chi connectivity index (χ1) is 32.1. The SMILES string of the molecule is CCC/C=C\C/C=C\CCCCCCCCOCC(COC1OC(CO)C(O)C(OS(=O)(=O)O)C1O)OC(=O)CCCCCCCCCCCCCCC/C=C\CCCCCCCCCC. The zero-order chi connectivity index (χ0) is 48.2. The van der Waals surface area contributed by atoms with Crippen molar-refractivity contribution in [3.8, 4) is 0 Å². The molecule has 1 fully saturated rings. The minimum Gasteiger partial charge on any atom is -0.457 e. The fourth-order valence-electron chi connectivity index (χ4n) is 8.18. The number of carbonyl (C=O) groups excluding carboxylic acids is 1. The molecule has 12 nitrogen and oxygen atoms in total. The van der Waals surface area contributed by atoms with Crippen LogP contribution < -0.4 is 0 Å². The number of esters is 1. The van der Waals surface area contributed by atoms with Crippen LogP contribution in [0.3, 0.4) is 0 Å². The maximum absolute atomic E-state index is 12.9. The molecule has 0 bridgehead atoms. The molecule has 0 aromatic carbocycles. The van der Waals surface area contributed by atoms with Gasteiger partial charge in [-0.1, -0.05) is 198 Å². The second-order valence-electron chi connectivity index (χ2n) is 18.5. The van der Waals surface area contributed by atoms with E-state index in [-0.39, 0.29) is 19.6 Å². The highest BCUT2D eigenvalue weighted by molar-refractivity contribution is 7.80. The number of hydrogen-bond donors (Lipinski definition) is 4. The number of unbranched alkanes of at least 4 members (excludes halogenated alkanes) is 28. The second-order valence-corrected chi connectivity index (χ2v) is 19.5. The van der Waals surface area contributed by atoms with E-state index in [1.165, 1.54) is 141 Å². The fraction of sp³-hybridized carbons (Fsp3) is 0.868. The van der Waals surface area contributed by atoms with Crippen LogP contribution in [0.4, 0.5) is 0 Å². The van der Waals surface area contributed by atoms with Gasteiger partial charge in [0.15, 0.2) is 6.29 Å². The van der Waals surface area contributed by atoms with Crippen LogP contribution in [-0.4, -0.2) is 97.5 Å². The Labute approximate surface area is 403 Å².